The fourth-order valence-corrected chi connectivity index (χ4v) is 2.87. The first-order valence-electron chi connectivity index (χ1n) is 6.10. The molecule has 1 fully saturated rings. The second-order valence-electron chi connectivity index (χ2n) is 4.15. The van der Waals surface area contributed by atoms with E-state index in [0.29, 0.717) is 6.54 Å². The minimum Gasteiger partial charge on any atom is -0.379 e. The molecule has 94 valence electrons. The number of hydrogen-bond acceptors (Lipinski definition) is 4. The average molecular weight is 252 g/mol. The van der Waals surface area contributed by atoms with Gasteiger partial charge in [-0.25, -0.2) is 0 Å². The zero-order chi connectivity index (χ0) is 11.9. The number of benzene rings is 1. The van der Waals surface area contributed by atoms with E-state index in [0.717, 1.165) is 38.6 Å². The third-order valence-electron chi connectivity index (χ3n) is 2.91. The largest absolute Gasteiger partial charge is 0.379 e. The topological polar surface area (TPSA) is 38.5 Å². The molecule has 17 heavy (non-hydrogen) atoms. The Morgan fingerprint density at radius 2 is 2.12 bits per heavy atom. The van der Waals surface area contributed by atoms with Gasteiger partial charge in [0.15, 0.2) is 0 Å². The van der Waals surface area contributed by atoms with Crippen LogP contribution in [-0.2, 0) is 11.3 Å². The highest BCUT2D eigenvalue weighted by Gasteiger charge is 2.09. The maximum Gasteiger partial charge on any atom is 0.0594 e. The second kappa shape index (κ2) is 7.01. The summed E-state index contributed by atoms with van der Waals surface area (Å²) in [5.74, 6) is 1.13. The maximum absolute atomic E-state index is 5.63. The highest BCUT2D eigenvalue weighted by molar-refractivity contribution is 7.99. The summed E-state index contributed by atoms with van der Waals surface area (Å²) in [7, 11) is 0. The molecule has 3 nitrogen and oxygen atoms in total. The van der Waals surface area contributed by atoms with Crippen molar-refractivity contribution in [3.05, 3.63) is 29.8 Å². The molecule has 1 heterocycles. The molecule has 1 aliphatic heterocycles. The first kappa shape index (κ1) is 12.9. The van der Waals surface area contributed by atoms with Crippen LogP contribution in [0.25, 0.3) is 0 Å². The van der Waals surface area contributed by atoms with Crippen LogP contribution in [0, 0.1) is 0 Å². The fourth-order valence-electron chi connectivity index (χ4n) is 1.88. The van der Waals surface area contributed by atoms with Gasteiger partial charge < -0.3 is 10.5 Å². The standard InChI is InChI=1S/C13H20N2OS/c14-11-12-2-1-3-13(10-12)17-9-6-15-4-7-16-8-5-15/h1-3,10H,4-9,11,14H2. The van der Waals surface area contributed by atoms with Crippen molar-refractivity contribution in [2.45, 2.75) is 11.4 Å². The Hall–Kier alpha value is -0.550. The van der Waals surface area contributed by atoms with Gasteiger partial charge in [-0.15, -0.1) is 11.8 Å². The van der Waals surface area contributed by atoms with E-state index in [1.165, 1.54) is 10.5 Å². The number of hydrogen-bond donors (Lipinski definition) is 1. The molecule has 0 bridgehead atoms. The normalized spacial score (nSPS) is 17.2. The quantitative estimate of drug-likeness (QED) is 0.807. The Morgan fingerprint density at radius 3 is 2.88 bits per heavy atom. The molecule has 2 N–H and O–H groups in total. The third-order valence-corrected chi connectivity index (χ3v) is 3.89. The van der Waals surface area contributed by atoms with Crippen molar-refractivity contribution in [1.82, 2.24) is 4.90 Å². The number of ether oxygens (including phenoxy) is 1. The summed E-state index contributed by atoms with van der Waals surface area (Å²) >= 11 is 1.91. The molecule has 4 heteroatoms. The average Bonchev–Trinajstić information content (AvgIpc) is 2.40. The van der Waals surface area contributed by atoms with Crippen molar-refractivity contribution < 1.29 is 4.74 Å². The number of thioether (sulfide) groups is 1. The van der Waals surface area contributed by atoms with Crippen LogP contribution >= 0.6 is 11.8 Å². The lowest BCUT2D eigenvalue weighted by molar-refractivity contribution is 0.0410. The van der Waals surface area contributed by atoms with Crippen molar-refractivity contribution in [3.8, 4) is 0 Å². The van der Waals surface area contributed by atoms with Crippen molar-refractivity contribution >= 4 is 11.8 Å². The zero-order valence-corrected chi connectivity index (χ0v) is 10.9. The first-order valence-corrected chi connectivity index (χ1v) is 7.09. The molecule has 0 unspecified atom stereocenters. The summed E-state index contributed by atoms with van der Waals surface area (Å²) in [6.45, 7) is 5.67. The van der Waals surface area contributed by atoms with Crippen LogP contribution in [0.15, 0.2) is 29.2 Å². The van der Waals surface area contributed by atoms with E-state index in [4.69, 9.17) is 10.5 Å². The summed E-state index contributed by atoms with van der Waals surface area (Å²) in [4.78, 5) is 3.78. The van der Waals surface area contributed by atoms with Crippen LogP contribution in [0.5, 0.6) is 0 Å². The molecular formula is C13H20N2OS. The van der Waals surface area contributed by atoms with Gasteiger partial charge in [0.2, 0.25) is 0 Å². The van der Waals surface area contributed by atoms with Gasteiger partial charge >= 0.3 is 0 Å². The van der Waals surface area contributed by atoms with Crippen LogP contribution in [0.2, 0.25) is 0 Å². The molecule has 1 aromatic rings. The summed E-state index contributed by atoms with van der Waals surface area (Å²) in [6.07, 6.45) is 0. The summed E-state index contributed by atoms with van der Waals surface area (Å²) in [6, 6.07) is 8.50. The number of nitrogens with zero attached hydrogens (tertiary/aromatic N) is 1. The SMILES string of the molecule is NCc1cccc(SCCN2CCOCC2)c1. The first-order chi connectivity index (χ1) is 8.38. The Balaban J connectivity index is 1.73. The van der Waals surface area contributed by atoms with Crippen LogP contribution in [0.4, 0.5) is 0 Å². The maximum atomic E-state index is 5.63. The summed E-state index contributed by atoms with van der Waals surface area (Å²) in [5.41, 5.74) is 6.84. The van der Waals surface area contributed by atoms with Crippen molar-refractivity contribution in [2.75, 3.05) is 38.6 Å². The molecule has 1 saturated heterocycles. The van der Waals surface area contributed by atoms with Gasteiger partial charge in [-0.2, -0.15) is 0 Å². The molecule has 0 aliphatic carbocycles. The Labute approximate surface area is 107 Å². The molecule has 0 amide bonds. The second-order valence-corrected chi connectivity index (χ2v) is 5.32. The fraction of sp³-hybridized carbons (Fsp3) is 0.538. The van der Waals surface area contributed by atoms with Gasteiger partial charge in [0.1, 0.15) is 0 Å². The Bertz CT molecular complexity index is 340. The van der Waals surface area contributed by atoms with Crippen molar-refractivity contribution in [2.24, 2.45) is 5.73 Å². The van der Waals surface area contributed by atoms with Crippen molar-refractivity contribution in [1.29, 1.82) is 0 Å². The lowest BCUT2D eigenvalue weighted by Crippen LogP contribution is -2.37. The van der Waals surface area contributed by atoms with E-state index in [9.17, 15) is 0 Å². The highest BCUT2D eigenvalue weighted by Crippen LogP contribution is 2.19. The van der Waals surface area contributed by atoms with E-state index in [1.807, 2.05) is 11.8 Å². The summed E-state index contributed by atoms with van der Waals surface area (Å²) in [5, 5.41) is 0. The van der Waals surface area contributed by atoms with E-state index < -0.39 is 0 Å². The lowest BCUT2D eigenvalue weighted by Gasteiger charge is -2.26. The number of rotatable bonds is 5. The van der Waals surface area contributed by atoms with Gasteiger partial charge in [-0.1, -0.05) is 12.1 Å². The molecule has 0 radical (unpaired) electrons. The Morgan fingerprint density at radius 1 is 1.29 bits per heavy atom. The van der Waals surface area contributed by atoms with E-state index in [1.54, 1.807) is 0 Å². The van der Waals surface area contributed by atoms with E-state index in [2.05, 4.69) is 29.2 Å². The van der Waals surface area contributed by atoms with Gasteiger partial charge in [0.05, 0.1) is 13.2 Å². The molecule has 2 rings (SSSR count). The van der Waals surface area contributed by atoms with Gasteiger partial charge in [0.25, 0.3) is 0 Å². The minimum absolute atomic E-state index is 0.623. The van der Waals surface area contributed by atoms with Gasteiger partial charge in [0, 0.05) is 36.8 Å². The van der Waals surface area contributed by atoms with E-state index in [-0.39, 0.29) is 0 Å². The van der Waals surface area contributed by atoms with Crippen LogP contribution in [-0.4, -0.2) is 43.5 Å². The monoisotopic (exact) mass is 252 g/mol. The number of nitrogens with two attached hydrogens (primary N) is 1. The van der Waals surface area contributed by atoms with Crippen molar-refractivity contribution in [3.63, 3.8) is 0 Å². The minimum atomic E-state index is 0.623. The molecule has 0 atom stereocenters. The number of morpholine rings is 1. The Kier molecular flexibility index (Phi) is 5.32. The molecule has 1 aromatic carbocycles. The van der Waals surface area contributed by atoms with Crippen LogP contribution in [0.3, 0.4) is 0 Å². The van der Waals surface area contributed by atoms with Gasteiger partial charge in [-0.05, 0) is 17.7 Å². The molecule has 0 saturated carbocycles. The predicted molar refractivity (Wildman–Crippen MR) is 72.3 cm³/mol. The zero-order valence-electron chi connectivity index (χ0n) is 10.1. The van der Waals surface area contributed by atoms with E-state index >= 15 is 0 Å². The van der Waals surface area contributed by atoms with Crippen LogP contribution in [0.1, 0.15) is 5.56 Å². The summed E-state index contributed by atoms with van der Waals surface area (Å²) < 4.78 is 5.33. The molecular weight excluding hydrogens is 232 g/mol. The predicted octanol–water partition coefficient (Wildman–Crippen LogP) is 1.57. The highest BCUT2D eigenvalue weighted by atomic mass is 32.2. The molecule has 1 aliphatic rings. The lowest BCUT2D eigenvalue weighted by atomic mass is 10.2. The third kappa shape index (κ3) is 4.32. The molecule has 0 spiro atoms. The van der Waals surface area contributed by atoms with Gasteiger partial charge in [-0.3, -0.25) is 4.90 Å². The van der Waals surface area contributed by atoms with Crippen LogP contribution < -0.4 is 5.73 Å². The molecule has 0 aromatic heterocycles. The smallest absolute Gasteiger partial charge is 0.0594 e.